The Morgan fingerprint density at radius 3 is 2.53 bits per heavy atom. The van der Waals surface area contributed by atoms with E-state index in [2.05, 4.69) is 4.74 Å². The molecule has 1 saturated heterocycles. The fourth-order valence-electron chi connectivity index (χ4n) is 5.48. The Balaban J connectivity index is 1.58. The maximum atomic E-state index is 14.3. The number of benzene rings is 3. The maximum absolute atomic E-state index is 14.3. The average Bonchev–Trinajstić information content (AvgIpc) is 2.95. The summed E-state index contributed by atoms with van der Waals surface area (Å²) in [5, 5.41) is 0. The molecule has 2 heterocycles. The van der Waals surface area contributed by atoms with E-state index in [9.17, 15) is 34.8 Å². The molecule has 3 aromatic rings. The van der Waals surface area contributed by atoms with Crippen molar-refractivity contribution in [2.24, 2.45) is 0 Å². The quantitative estimate of drug-likeness (QED) is 0.184. The van der Waals surface area contributed by atoms with Gasteiger partial charge in [0.15, 0.2) is 0 Å². The Morgan fingerprint density at radius 2 is 1.81 bits per heavy atom. The van der Waals surface area contributed by atoms with E-state index in [1.54, 1.807) is 23.9 Å². The number of ether oxygens (including phenoxy) is 2. The Morgan fingerprint density at radius 1 is 1.02 bits per heavy atom. The second-order valence-electron chi connectivity index (χ2n) is 10.2. The van der Waals surface area contributed by atoms with E-state index in [0.717, 1.165) is 40.4 Å². The molecule has 0 saturated carbocycles. The van der Waals surface area contributed by atoms with E-state index >= 15 is 0 Å². The Labute approximate surface area is 249 Å². The summed E-state index contributed by atoms with van der Waals surface area (Å²) in [5.74, 6) is -0.459. The molecule has 0 N–H and O–H groups in total. The van der Waals surface area contributed by atoms with Gasteiger partial charge >= 0.3 is 12.8 Å². The summed E-state index contributed by atoms with van der Waals surface area (Å²) < 4.78 is 120. The first-order valence-electron chi connectivity index (χ1n) is 13.3. The minimum absolute atomic E-state index is 0.0691. The third-order valence-electron chi connectivity index (χ3n) is 7.42. The molecule has 2 atom stereocenters. The molecule has 43 heavy (non-hydrogen) atoms. The van der Waals surface area contributed by atoms with Crippen LogP contribution in [0.25, 0.3) is 11.1 Å². The molecule has 1 fully saturated rings. The molecule has 5 rings (SSSR count). The van der Waals surface area contributed by atoms with Gasteiger partial charge in [0.05, 0.1) is 47.1 Å². The van der Waals surface area contributed by atoms with Gasteiger partial charge in [-0.1, -0.05) is 12.1 Å². The molecule has 232 valence electrons. The average molecular weight is 647 g/mol. The van der Waals surface area contributed by atoms with Crippen LogP contribution in [-0.4, -0.2) is 58.9 Å². The van der Waals surface area contributed by atoms with Crippen molar-refractivity contribution in [1.82, 2.24) is 0 Å². The fourth-order valence-corrected chi connectivity index (χ4v) is 7.29. The number of hydrogen-bond donors (Lipinski definition) is 0. The van der Waals surface area contributed by atoms with Crippen LogP contribution >= 0.6 is 11.8 Å². The molecule has 2 aliphatic heterocycles. The van der Waals surface area contributed by atoms with E-state index in [-0.39, 0.29) is 29.9 Å². The van der Waals surface area contributed by atoms with Crippen molar-refractivity contribution >= 4 is 33.2 Å². The van der Waals surface area contributed by atoms with Gasteiger partial charge in [-0.25, -0.2) is 12.8 Å². The van der Waals surface area contributed by atoms with Crippen molar-refractivity contribution in [2.45, 2.75) is 42.7 Å². The third kappa shape index (κ3) is 6.86. The molecular formula is C29H28F6N2O4S2. The number of piperidine rings is 1. The van der Waals surface area contributed by atoms with Crippen LogP contribution in [0.1, 0.15) is 18.4 Å². The zero-order valence-electron chi connectivity index (χ0n) is 22.9. The molecule has 2 aliphatic rings. The van der Waals surface area contributed by atoms with Crippen molar-refractivity contribution in [1.29, 1.82) is 0 Å². The second kappa shape index (κ2) is 12.5. The number of anilines is 2. The summed E-state index contributed by atoms with van der Waals surface area (Å²) in [6.45, 7) is -2.17. The third-order valence-corrected chi connectivity index (χ3v) is 9.77. The van der Waals surface area contributed by atoms with Gasteiger partial charge in [0.1, 0.15) is 11.6 Å². The lowest BCUT2D eigenvalue weighted by atomic mass is 9.94. The van der Waals surface area contributed by atoms with Gasteiger partial charge in [-0.05, 0) is 72.7 Å². The molecule has 3 aromatic carbocycles. The van der Waals surface area contributed by atoms with Crippen molar-refractivity contribution in [3.8, 4) is 16.9 Å². The summed E-state index contributed by atoms with van der Waals surface area (Å²) in [7, 11) is -4.51. The van der Waals surface area contributed by atoms with Crippen LogP contribution in [0.3, 0.4) is 0 Å². The number of fused-ring (bicyclic) bond motifs is 3. The minimum atomic E-state index is -4.75. The molecule has 0 aromatic heterocycles. The highest BCUT2D eigenvalue weighted by molar-refractivity contribution is 7.98. The topological polar surface area (TPSA) is 59.1 Å². The molecule has 14 heteroatoms. The lowest BCUT2D eigenvalue weighted by molar-refractivity contribution is -0.137. The number of sulfonamides is 1. The van der Waals surface area contributed by atoms with E-state index in [1.165, 1.54) is 12.1 Å². The summed E-state index contributed by atoms with van der Waals surface area (Å²) in [6.07, 6.45) is -1.72. The van der Waals surface area contributed by atoms with Crippen molar-refractivity contribution < 1.29 is 44.2 Å². The monoisotopic (exact) mass is 646 g/mol. The van der Waals surface area contributed by atoms with Crippen LogP contribution in [0.4, 0.5) is 37.7 Å². The van der Waals surface area contributed by atoms with Crippen LogP contribution in [0.2, 0.25) is 0 Å². The Hall–Kier alpha value is -3.10. The first kappa shape index (κ1) is 31.3. The number of nitrogens with zero attached hydrogens (tertiary/aromatic N) is 2. The maximum Gasteiger partial charge on any atom is 0.416 e. The SMILES string of the molecule is CSCCOC1CCN2c3ccc(-c4cc(F)cc(OC(F)F)c4)cc3N(S(=O)(=O)c3cccc(C(F)(F)F)c3)C[C@@H]2C1. The van der Waals surface area contributed by atoms with Gasteiger partial charge in [-0.15, -0.1) is 0 Å². The number of thioether (sulfide) groups is 1. The molecular weight excluding hydrogens is 618 g/mol. The van der Waals surface area contributed by atoms with Gasteiger partial charge in [0.25, 0.3) is 10.0 Å². The number of hydrogen-bond acceptors (Lipinski definition) is 6. The highest BCUT2D eigenvalue weighted by atomic mass is 32.2. The summed E-state index contributed by atoms with van der Waals surface area (Å²) in [4.78, 5) is 1.51. The van der Waals surface area contributed by atoms with Crippen molar-refractivity contribution in [3.05, 3.63) is 72.0 Å². The van der Waals surface area contributed by atoms with Gasteiger partial charge in [-0.3, -0.25) is 4.31 Å². The van der Waals surface area contributed by atoms with Crippen molar-refractivity contribution in [2.75, 3.05) is 40.9 Å². The van der Waals surface area contributed by atoms with E-state index < -0.39 is 44.8 Å². The zero-order valence-corrected chi connectivity index (χ0v) is 24.5. The predicted molar refractivity (Wildman–Crippen MR) is 153 cm³/mol. The van der Waals surface area contributed by atoms with Crippen LogP contribution in [-0.2, 0) is 20.9 Å². The first-order valence-corrected chi connectivity index (χ1v) is 16.2. The zero-order chi connectivity index (χ0) is 30.9. The van der Waals surface area contributed by atoms with Crippen LogP contribution in [0, 0.1) is 5.82 Å². The van der Waals surface area contributed by atoms with E-state index in [4.69, 9.17) is 4.74 Å². The lowest BCUT2D eigenvalue weighted by Gasteiger charge is -2.48. The highest BCUT2D eigenvalue weighted by Crippen LogP contribution is 2.44. The van der Waals surface area contributed by atoms with Crippen molar-refractivity contribution in [3.63, 3.8) is 0 Å². The number of rotatable bonds is 9. The van der Waals surface area contributed by atoms with Gasteiger partial charge < -0.3 is 14.4 Å². The summed E-state index contributed by atoms with van der Waals surface area (Å²) in [5.41, 5.74) is 0.0488. The largest absolute Gasteiger partial charge is 0.435 e. The summed E-state index contributed by atoms with van der Waals surface area (Å²) in [6, 6.07) is 11.0. The molecule has 0 bridgehead atoms. The van der Waals surface area contributed by atoms with Gasteiger partial charge in [-0.2, -0.15) is 33.7 Å². The van der Waals surface area contributed by atoms with Crippen LogP contribution in [0.15, 0.2) is 65.6 Å². The molecule has 0 amide bonds. The van der Waals surface area contributed by atoms with Crippen LogP contribution in [0.5, 0.6) is 5.75 Å². The molecule has 0 spiro atoms. The molecule has 0 radical (unpaired) electrons. The normalized spacial score (nSPS) is 18.9. The van der Waals surface area contributed by atoms with E-state index in [1.807, 2.05) is 11.2 Å². The van der Waals surface area contributed by atoms with Gasteiger partial charge in [0, 0.05) is 18.4 Å². The fraction of sp³-hybridized carbons (Fsp3) is 0.379. The predicted octanol–water partition coefficient (Wildman–Crippen LogP) is 7.04. The molecule has 1 unspecified atom stereocenters. The van der Waals surface area contributed by atoms with Crippen LogP contribution < -0.4 is 13.9 Å². The van der Waals surface area contributed by atoms with E-state index in [0.29, 0.717) is 43.3 Å². The number of halogens is 6. The molecule has 0 aliphatic carbocycles. The lowest BCUT2D eigenvalue weighted by Crippen LogP contribution is -2.55. The van der Waals surface area contributed by atoms with Gasteiger partial charge in [0.2, 0.25) is 0 Å². The summed E-state index contributed by atoms with van der Waals surface area (Å²) >= 11 is 1.64. The Kier molecular flexibility index (Phi) is 9.10. The molecule has 6 nitrogen and oxygen atoms in total. The second-order valence-corrected chi connectivity index (χ2v) is 13.0. The Bertz CT molecular complexity index is 1570. The smallest absolute Gasteiger partial charge is 0.416 e. The number of alkyl halides is 5. The minimum Gasteiger partial charge on any atom is -0.435 e. The first-order chi connectivity index (χ1) is 20.4. The highest BCUT2D eigenvalue weighted by Gasteiger charge is 2.41. The standard InChI is InChI=1S/C29H28F6N2O4S2/c1-42-10-9-40-23-7-8-36-22(16-23)17-37(43(38,39)25-4-2-3-20(14-25)29(33,34)35)27-13-18(5-6-26(27)36)19-11-21(30)15-24(12-19)41-28(31)32/h2-6,11-15,22-23,28H,7-10,16-17H2,1H3/t22-,23?/m0/s1.